The van der Waals surface area contributed by atoms with Gasteiger partial charge in [0.2, 0.25) is 0 Å². The molecule has 0 saturated carbocycles. The Morgan fingerprint density at radius 1 is 1.43 bits per heavy atom. The van der Waals surface area contributed by atoms with E-state index in [9.17, 15) is 4.39 Å². The molecule has 0 unspecified atom stereocenters. The highest BCUT2D eigenvalue weighted by Gasteiger charge is 2.10. The molecule has 2 aromatic rings. The van der Waals surface area contributed by atoms with Crippen LogP contribution in [0.5, 0.6) is 0 Å². The topological polar surface area (TPSA) is 12.9 Å². The van der Waals surface area contributed by atoms with Gasteiger partial charge in [-0.15, -0.1) is 0 Å². The van der Waals surface area contributed by atoms with Crippen LogP contribution >= 0.6 is 27.5 Å². The van der Waals surface area contributed by atoms with Gasteiger partial charge in [0.1, 0.15) is 5.52 Å². The minimum atomic E-state index is -0.371. The highest BCUT2D eigenvalue weighted by molar-refractivity contribution is 9.10. The number of nitrogens with zero attached hydrogens (tertiary/aromatic N) is 1. The smallest absolute Gasteiger partial charge is 0.163 e. The summed E-state index contributed by atoms with van der Waals surface area (Å²) in [5.41, 5.74) is 1.15. The summed E-state index contributed by atoms with van der Waals surface area (Å²) in [6, 6.07) is 3.38. The summed E-state index contributed by atoms with van der Waals surface area (Å²) in [6.45, 7) is 1.84. The maximum atomic E-state index is 13.5. The van der Waals surface area contributed by atoms with Crippen LogP contribution in [0.1, 0.15) is 5.56 Å². The van der Waals surface area contributed by atoms with Gasteiger partial charge in [0.15, 0.2) is 5.82 Å². The molecule has 0 aliphatic heterocycles. The average molecular weight is 275 g/mol. The predicted molar refractivity (Wildman–Crippen MR) is 59.1 cm³/mol. The lowest BCUT2D eigenvalue weighted by Crippen LogP contribution is -1.88. The quantitative estimate of drug-likeness (QED) is 0.705. The maximum Gasteiger partial charge on any atom is 0.163 e. The molecule has 72 valence electrons. The molecule has 1 heterocycles. The van der Waals surface area contributed by atoms with Crippen molar-refractivity contribution < 1.29 is 4.39 Å². The first-order valence-corrected chi connectivity index (χ1v) is 5.17. The Kier molecular flexibility index (Phi) is 2.45. The number of rotatable bonds is 0. The Hall–Kier alpha value is -0.670. The zero-order valence-corrected chi connectivity index (χ0v) is 9.66. The minimum absolute atomic E-state index is 0.301. The molecule has 0 amide bonds. The first-order chi connectivity index (χ1) is 6.61. The Morgan fingerprint density at radius 3 is 2.86 bits per heavy atom. The number of aryl methyl sites for hydroxylation is 1. The molecule has 0 aliphatic rings. The van der Waals surface area contributed by atoms with Crippen molar-refractivity contribution in [3.05, 3.63) is 39.2 Å². The maximum absolute atomic E-state index is 13.5. The zero-order valence-electron chi connectivity index (χ0n) is 7.31. The number of fused-ring (bicyclic) bond motifs is 1. The zero-order chi connectivity index (χ0) is 10.3. The molecule has 2 rings (SSSR count). The van der Waals surface area contributed by atoms with Gasteiger partial charge in [0.25, 0.3) is 0 Å². The van der Waals surface area contributed by atoms with Gasteiger partial charge < -0.3 is 0 Å². The van der Waals surface area contributed by atoms with Crippen molar-refractivity contribution in [2.45, 2.75) is 6.92 Å². The predicted octanol–water partition coefficient (Wildman–Crippen LogP) is 4.10. The lowest BCUT2D eigenvalue weighted by atomic mass is 10.1. The summed E-state index contributed by atoms with van der Waals surface area (Å²) < 4.78 is 13.9. The first-order valence-electron chi connectivity index (χ1n) is 4.00. The lowest BCUT2D eigenvalue weighted by Gasteiger charge is -2.04. The van der Waals surface area contributed by atoms with E-state index in [2.05, 4.69) is 20.9 Å². The normalized spacial score (nSPS) is 10.9. The van der Waals surface area contributed by atoms with Gasteiger partial charge in [-0.1, -0.05) is 11.6 Å². The van der Waals surface area contributed by atoms with Crippen molar-refractivity contribution in [2.24, 2.45) is 0 Å². The first kappa shape index (κ1) is 9.87. The molecule has 0 atom stereocenters. The Labute approximate surface area is 94.0 Å². The van der Waals surface area contributed by atoms with Crippen LogP contribution in [-0.2, 0) is 0 Å². The van der Waals surface area contributed by atoms with Crippen LogP contribution in [0.25, 0.3) is 10.9 Å². The fraction of sp³-hybridized carbons (Fsp3) is 0.100. The summed E-state index contributed by atoms with van der Waals surface area (Å²) in [5.74, 6) is -0.371. The highest BCUT2D eigenvalue weighted by Crippen LogP contribution is 2.29. The summed E-state index contributed by atoms with van der Waals surface area (Å²) in [6.07, 6.45) is 1.57. The molecule has 0 spiro atoms. The van der Waals surface area contributed by atoms with Crippen LogP contribution in [0.4, 0.5) is 4.39 Å². The van der Waals surface area contributed by atoms with Crippen molar-refractivity contribution in [1.82, 2.24) is 4.98 Å². The second kappa shape index (κ2) is 3.48. The van der Waals surface area contributed by atoms with Crippen LogP contribution in [0.3, 0.4) is 0 Å². The van der Waals surface area contributed by atoms with Gasteiger partial charge in [-0.25, -0.2) is 4.39 Å². The van der Waals surface area contributed by atoms with E-state index in [0.717, 1.165) is 5.56 Å². The average Bonchev–Trinajstić information content (AvgIpc) is 2.17. The Morgan fingerprint density at radius 2 is 2.14 bits per heavy atom. The summed E-state index contributed by atoms with van der Waals surface area (Å²) >= 11 is 9.13. The van der Waals surface area contributed by atoms with E-state index in [4.69, 9.17) is 11.6 Å². The molecule has 0 bridgehead atoms. The third kappa shape index (κ3) is 1.41. The number of benzene rings is 1. The van der Waals surface area contributed by atoms with E-state index < -0.39 is 0 Å². The Bertz CT molecular complexity index is 466. The fourth-order valence-corrected chi connectivity index (χ4v) is 1.79. The van der Waals surface area contributed by atoms with Gasteiger partial charge >= 0.3 is 0 Å². The fourth-order valence-electron chi connectivity index (χ4n) is 1.27. The highest BCUT2D eigenvalue weighted by atomic mass is 79.9. The van der Waals surface area contributed by atoms with Crippen molar-refractivity contribution in [3.8, 4) is 0 Å². The molecule has 1 aromatic heterocycles. The molecular weight excluding hydrogens is 268 g/mol. The van der Waals surface area contributed by atoms with E-state index in [1.165, 1.54) is 0 Å². The van der Waals surface area contributed by atoms with Gasteiger partial charge in [-0.3, -0.25) is 4.98 Å². The molecule has 4 heteroatoms. The van der Waals surface area contributed by atoms with Crippen LogP contribution in [0, 0.1) is 12.7 Å². The molecule has 0 radical (unpaired) electrons. The number of aromatic nitrogens is 1. The molecule has 1 nitrogen and oxygen atoms in total. The van der Waals surface area contributed by atoms with Gasteiger partial charge in [-0.2, -0.15) is 0 Å². The van der Waals surface area contributed by atoms with E-state index >= 15 is 0 Å². The lowest BCUT2D eigenvalue weighted by molar-refractivity contribution is 0.630. The monoisotopic (exact) mass is 273 g/mol. The SMILES string of the molecule is Cc1cnc2c(F)c(Br)ccc2c1Cl. The van der Waals surface area contributed by atoms with Crippen LogP contribution in [-0.4, -0.2) is 4.98 Å². The second-order valence-corrected chi connectivity index (χ2v) is 4.25. The van der Waals surface area contributed by atoms with Gasteiger partial charge in [0, 0.05) is 11.6 Å². The molecule has 1 aromatic carbocycles. The van der Waals surface area contributed by atoms with Crippen molar-refractivity contribution in [3.63, 3.8) is 0 Å². The molecule has 0 fully saturated rings. The van der Waals surface area contributed by atoms with Crippen LogP contribution in [0.15, 0.2) is 22.8 Å². The number of pyridine rings is 1. The molecule has 0 saturated heterocycles. The molecule has 14 heavy (non-hydrogen) atoms. The van der Waals surface area contributed by atoms with Crippen molar-refractivity contribution in [1.29, 1.82) is 0 Å². The van der Waals surface area contributed by atoms with E-state index in [0.29, 0.717) is 20.4 Å². The minimum Gasteiger partial charge on any atom is -0.253 e. The molecular formula is C10H6BrClFN. The standard InChI is InChI=1S/C10H6BrClFN/c1-5-4-14-10-6(8(5)12)2-3-7(11)9(10)13/h2-4H,1H3. The van der Waals surface area contributed by atoms with Crippen LogP contribution < -0.4 is 0 Å². The van der Waals surface area contributed by atoms with E-state index in [1.807, 2.05) is 6.92 Å². The van der Waals surface area contributed by atoms with E-state index in [1.54, 1.807) is 18.3 Å². The molecule has 0 aliphatic carbocycles. The van der Waals surface area contributed by atoms with Crippen LogP contribution in [0.2, 0.25) is 5.02 Å². The van der Waals surface area contributed by atoms with Gasteiger partial charge in [-0.05, 0) is 40.5 Å². The third-order valence-corrected chi connectivity index (χ3v) is 3.15. The van der Waals surface area contributed by atoms with E-state index in [-0.39, 0.29) is 5.82 Å². The molecule has 0 N–H and O–H groups in total. The number of hydrogen-bond acceptors (Lipinski definition) is 1. The van der Waals surface area contributed by atoms with Gasteiger partial charge in [0.05, 0.1) is 9.50 Å². The van der Waals surface area contributed by atoms with Crippen molar-refractivity contribution >= 4 is 38.4 Å². The Balaban J connectivity index is 2.94. The summed E-state index contributed by atoms with van der Waals surface area (Å²) in [5, 5.41) is 1.20. The summed E-state index contributed by atoms with van der Waals surface area (Å²) in [4.78, 5) is 4.01. The second-order valence-electron chi connectivity index (χ2n) is 3.01. The summed E-state index contributed by atoms with van der Waals surface area (Å²) in [7, 11) is 0. The number of hydrogen-bond donors (Lipinski definition) is 0. The largest absolute Gasteiger partial charge is 0.253 e. The number of halogens is 3. The van der Waals surface area contributed by atoms with Crippen molar-refractivity contribution in [2.75, 3.05) is 0 Å². The third-order valence-electron chi connectivity index (χ3n) is 2.04.